The van der Waals surface area contributed by atoms with Crippen molar-refractivity contribution in [1.29, 1.82) is 0 Å². The third kappa shape index (κ3) is 3.20. The molecule has 0 aliphatic heterocycles. The number of hydrogen-bond acceptors (Lipinski definition) is 4. The van der Waals surface area contributed by atoms with Gasteiger partial charge in [-0.3, -0.25) is 4.79 Å². The van der Waals surface area contributed by atoms with E-state index in [-0.39, 0.29) is 5.75 Å². The number of carboxylic acids is 1. The zero-order valence-corrected chi connectivity index (χ0v) is 12.8. The van der Waals surface area contributed by atoms with Crippen LogP contribution in [0.4, 0.5) is 0 Å². The van der Waals surface area contributed by atoms with Crippen LogP contribution < -0.4 is 0 Å². The summed E-state index contributed by atoms with van der Waals surface area (Å²) in [4.78, 5) is 19.9. The minimum Gasteiger partial charge on any atom is -0.481 e. The number of carbonyl (C=O) groups is 1. The van der Waals surface area contributed by atoms with E-state index >= 15 is 0 Å². The van der Waals surface area contributed by atoms with Gasteiger partial charge >= 0.3 is 5.97 Å². The number of thioether (sulfide) groups is 1. The smallest absolute Gasteiger partial charge is 0.313 e. The van der Waals surface area contributed by atoms with Crippen molar-refractivity contribution in [2.45, 2.75) is 43.8 Å². The zero-order chi connectivity index (χ0) is 14.8. The van der Waals surface area contributed by atoms with Crippen LogP contribution in [0.2, 0.25) is 0 Å². The lowest BCUT2D eigenvalue weighted by Crippen LogP contribution is -2.12. The van der Waals surface area contributed by atoms with Crippen LogP contribution in [-0.2, 0) is 4.79 Å². The largest absolute Gasteiger partial charge is 0.481 e. The maximum absolute atomic E-state index is 10.9. The van der Waals surface area contributed by atoms with E-state index in [0.717, 1.165) is 35.1 Å². The van der Waals surface area contributed by atoms with E-state index in [9.17, 15) is 4.79 Å². The molecule has 1 N–H and O–H groups in total. The molecule has 3 rings (SSSR count). The predicted molar refractivity (Wildman–Crippen MR) is 82.6 cm³/mol. The minimum absolute atomic E-state index is 0.0309. The molecule has 1 saturated carbocycles. The number of fused-ring (bicyclic) bond motifs is 1. The molecule has 2 aromatic heterocycles. The minimum atomic E-state index is -0.818. The van der Waals surface area contributed by atoms with Crippen molar-refractivity contribution in [3.05, 3.63) is 18.3 Å². The van der Waals surface area contributed by atoms with E-state index in [1.807, 2.05) is 12.1 Å². The molecule has 0 radical (unpaired) electrons. The second-order valence-corrected chi connectivity index (χ2v) is 6.48. The van der Waals surface area contributed by atoms with Gasteiger partial charge in [-0.1, -0.05) is 31.5 Å². The molecule has 1 aliphatic rings. The normalized spacial score (nSPS) is 16.2. The van der Waals surface area contributed by atoms with Crippen molar-refractivity contribution < 1.29 is 9.90 Å². The number of nitrogens with zero attached hydrogens (tertiary/aromatic N) is 3. The topological polar surface area (TPSA) is 68.0 Å². The third-order valence-corrected chi connectivity index (χ3v) is 4.82. The lowest BCUT2D eigenvalue weighted by molar-refractivity contribution is -0.133. The lowest BCUT2D eigenvalue weighted by atomic mass is 10.1. The first-order valence-electron chi connectivity index (χ1n) is 7.36. The molecule has 0 bridgehead atoms. The maximum Gasteiger partial charge on any atom is 0.313 e. The zero-order valence-electron chi connectivity index (χ0n) is 12.0. The fourth-order valence-corrected chi connectivity index (χ4v) is 3.45. The Kier molecular flexibility index (Phi) is 4.14. The summed E-state index contributed by atoms with van der Waals surface area (Å²) in [6, 6.07) is 4.16. The number of rotatable bonds is 7. The molecule has 1 fully saturated rings. The molecule has 2 heterocycles. The van der Waals surface area contributed by atoms with Crippen molar-refractivity contribution in [2.75, 3.05) is 5.75 Å². The SMILES string of the molecule is CCC(CC1CC1)n1c(SCC(=O)O)nc2cccnc21. The van der Waals surface area contributed by atoms with Crippen LogP contribution >= 0.6 is 11.8 Å². The summed E-state index contributed by atoms with van der Waals surface area (Å²) in [6.07, 6.45) is 6.55. The highest BCUT2D eigenvalue weighted by molar-refractivity contribution is 7.99. The second kappa shape index (κ2) is 6.05. The molecule has 1 unspecified atom stereocenters. The molecule has 21 heavy (non-hydrogen) atoms. The fraction of sp³-hybridized carbons (Fsp3) is 0.533. The third-order valence-electron chi connectivity index (χ3n) is 3.88. The molecule has 112 valence electrons. The highest BCUT2D eigenvalue weighted by Gasteiger charge is 2.28. The van der Waals surface area contributed by atoms with Gasteiger partial charge in [0, 0.05) is 12.2 Å². The van der Waals surface area contributed by atoms with Gasteiger partial charge in [0.1, 0.15) is 5.52 Å². The number of imidazole rings is 1. The van der Waals surface area contributed by atoms with Crippen LogP contribution in [0.1, 0.15) is 38.6 Å². The van der Waals surface area contributed by atoms with E-state index in [1.54, 1.807) is 6.20 Å². The average Bonchev–Trinajstić information content (AvgIpc) is 3.22. The van der Waals surface area contributed by atoms with E-state index in [1.165, 1.54) is 24.6 Å². The number of aliphatic carboxylic acids is 1. The first-order chi connectivity index (χ1) is 10.2. The van der Waals surface area contributed by atoms with E-state index in [2.05, 4.69) is 21.5 Å². The Labute approximate surface area is 127 Å². The highest BCUT2D eigenvalue weighted by atomic mass is 32.2. The van der Waals surface area contributed by atoms with Crippen LogP contribution in [0.25, 0.3) is 11.2 Å². The summed E-state index contributed by atoms with van der Waals surface area (Å²) < 4.78 is 2.15. The van der Waals surface area contributed by atoms with Crippen molar-refractivity contribution >= 4 is 28.9 Å². The summed E-state index contributed by atoms with van der Waals surface area (Å²) in [5.41, 5.74) is 1.72. The number of aromatic nitrogens is 3. The van der Waals surface area contributed by atoms with Gasteiger partial charge in [0.05, 0.1) is 5.75 Å². The Hall–Kier alpha value is -1.56. The molecular weight excluding hydrogens is 286 g/mol. The predicted octanol–water partition coefficient (Wildman–Crippen LogP) is 3.36. The van der Waals surface area contributed by atoms with Gasteiger partial charge in [-0.05, 0) is 30.9 Å². The van der Waals surface area contributed by atoms with Crippen molar-refractivity contribution in [3.63, 3.8) is 0 Å². The molecule has 2 aromatic rings. The Morgan fingerprint density at radius 3 is 3.05 bits per heavy atom. The summed E-state index contributed by atoms with van der Waals surface area (Å²) in [5.74, 6) is 0.0265. The van der Waals surface area contributed by atoms with Gasteiger partial charge in [0.25, 0.3) is 0 Å². The molecule has 1 atom stereocenters. The molecule has 5 nitrogen and oxygen atoms in total. The van der Waals surface area contributed by atoms with Crippen LogP contribution in [0, 0.1) is 5.92 Å². The maximum atomic E-state index is 10.9. The van der Waals surface area contributed by atoms with Crippen molar-refractivity contribution in [1.82, 2.24) is 14.5 Å². The standard InChI is InChI=1S/C15H19N3O2S/c1-2-11(8-10-5-6-10)18-14-12(4-3-7-16-14)17-15(18)21-9-13(19)20/h3-4,7,10-11H,2,5-6,8-9H2,1H3,(H,19,20). The first kappa shape index (κ1) is 14.4. The average molecular weight is 305 g/mol. The van der Waals surface area contributed by atoms with E-state index in [4.69, 9.17) is 5.11 Å². The summed E-state index contributed by atoms with van der Waals surface area (Å²) in [5, 5.41) is 9.69. The molecule has 0 amide bonds. The second-order valence-electron chi connectivity index (χ2n) is 5.53. The number of hydrogen-bond donors (Lipinski definition) is 1. The quantitative estimate of drug-likeness (QED) is 0.794. The highest BCUT2D eigenvalue weighted by Crippen LogP contribution is 2.40. The lowest BCUT2D eigenvalue weighted by Gasteiger charge is -2.19. The van der Waals surface area contributed by atoms with Gasteiger partial charge in [-0.2, -0.15) is 0 Å². The van der Waals surface area contributed by atoms with Crippen LogP contribution in [0.3, 0.4) is 0 Å². The Bertz CT molecular complexity index is 651. The summed E-state index contributed by atoms with van der Waals surface area (Å²) in [7, 11) is 0. The Morgan fingerprint density at radius 1 is 1.57 bits per heavy atom. The molecule has 0 spiro atoms. The summed E-state index contributed by atoms with van der Waals surface area (Å²) >= 11 is 1.28. The number of carboxylic acid groups (broad SMARTS) is 1. The van der Waals surface area contributed by atoms with Gasteiger partial charge in [0.2, 0.25) is 0 Å². The van der Waals surface area contributed by atoms with Crippen molar-refractivity contribution in [2.24, 2.45) is 5.92 Å². The van der Waals surface area contributed by atoms with Gasteiger partial charge in [-0.15, -0.1) is 0 Å². The molecule has 0 saturated heterocycles. The Morgan fingerprint density at radius 2 is 2.38 bits per heavy atom. The monoisotopic (exact) mass is 305 g/mol. The van der Waals surface area contributed by atoms with Gasteiger partial charge in [-0.25, -0.2) is 9.97 Å². The first-order valence-corrected chi connectivity index (χ1v) is 8.35. The molecule has 1 aliphatic carbocycles. The van der Waals surface area contributed by atoms with Crippen LogP contribution in [0.5, 0.6) is 0 Å². The summed E-state index contributed by atoms with van der Waals surface area (Å²) in [6.45, 7) is 2.17. The van der Waals surface area contributed by atoms with E-state index < -0.39 is 5.97 Å². The van der Waals surface area contributed by atoms with Gasteiger partial charge in [0.15, 0.2) is 10.8 Å². The fourth-order valence-electron chi connectivity index (χ4n) is 2.66. The Balaban J connectivity index is 1.98. The van der Waals surface area contributed by atoms with Crippen LogP contribution in [0.15, 0.2) is 23.5 Å². The molecule has 6 heteroatoms. The molecular formula is C15H19N3O2S. The van der Waals surface area contributed by atoms with E-state index in [0.29, 0.717) is 6.04 Å². The van der Waals surface area contributed by atoms with Gasteiger partial charge < -0.3 is 9.67 Å². The number of pyridine rings is 1. The van der Waals surface area contributed by atoms with Crippen LogP contribution in [-0.4, -0.2) is 31.4 Å². The van der Waals surface area contributed by atoms with Crippen molar-refractivity contribution in [3.8, 4) is 0 Å². The molecule has 0 aromatic carbocycles.